The van der Waals surface area contributed by atoms with Crippen molar-refractivity contribution in [1.82, 2.24) is 19.9 Å². The maximum atomic E-state index is 12.0. The van der Waals surface area contributed by atoms with Gasteiger partial charge in [0.2, 0.25) is 5.95 Å². The average molecular weight is 378 g/mol. The molecule has 2 heterocycles. The van der Waals surface area contributed by atoms with E-state index in [1.807, 2.05) is 36.4 Å². The van der Waals surface area contributed by atoms with Crippen molar-refractivity contribution in [1.29, 1.82) is 0 Å². The fourth-order valence-corrected chi connectivity index (χ4v) is 2.91. The summed E-state index contributed by atoms with van der Waals surface area (Å²) in [5.74, 6) is 0.903. The summed E-state index contributed by atoms with van der Waals surface area (Å²) in [5.41, 5.74) is 9.94. The molecule has 7 nitrogen and oxygen atoms in total. The van der Waals surface area contributed by atoms with Crippen LogP contribution in [0.4, 0.5) is 11.8 Å². The monoisotopic (exact) mass is 378 g/mol. The van der Waals surface area contributed by atoms with E-state index in [4.69, 9.17) is 10.7 Å². The SMILES string of the molecule is CCCCNc1nc(N)nc2ccc(Cc3ccc(C(=O)N(C)C)cc3)nc12. The van der Waals surface area contributed by atoms with Crippen LogP contribution >= 0.6 is 0 Å². The summed E-state index contributed by atoms with van der Waals surface area (Å²) in [4.78, 5) is 26.9. The van der Waals surface area contributed by atoms with Gasteiger partial charge in [0.25, 0.3) is 5.91 Å². The van der Waals surface area contributed by atoms with E-state index in [9.17, 15) is 4.79 Å². The van der Waals surface area contributed by atoms with Crippen molar-refractivity contribution in [2.45, 2.75) is 26.2 Å². The molecule has 0 atom stereocenters. The van der Waals surface area contributed by atoms with Crippen molar-refractivity contribution in [3.8, 4) is 0 Å². The molecule has 0 unspecified atom stereocenters. The highest BCUT2D eigenvalue weighted by molar-refractivity contribution is 5.93. The lowest BCUT2D eigenvalue weighted by Crippen LogP contribution is -2.21. The van der Waals surface area contributed by atoms with Crippen molar-refractivity contribution in [2.75, 3.05) is 31.7 Å². The number of nitrogens with two attached hydrogens (primary N) is 1. The molecule has 0 bridgehead atoms. The molecular formula is C21H26N6O. The minimum atomic E-state index is -0.00656. The molecule has 0 spiro atoms. The number of unbranched alkanes of at least 4 members (excludes halogenated alkanes) is 1. The number of benzene rings is 1. The predicted octanol–water partition coefficient (Wildman–Crippen LogP) is 3.11. The van der Waals surface area contributed by atoms with Crippen LogP contribution < -0.4 is 11.1 Å². The van der Waals surface area contributed by atoms with Gasteiger partial charge in [-0.1, -0.05) is 25.5 Å². The second-order valence-corrected chi connectivity index (χ2v) is 6.95. The van der Waals surface area contributed by atoms with Crippen LogP contribution in [-0.4, -0.2) is 46.4 Å². The van der Waals surface area contributed by atoms with E-state index in [1.165, 1.54) is 0 Å². The summed E-state index contributed by atoms with van der Waals surface area (Å²) >= 11 is 0. The first kappa shape index (κ1) is 19.5. The molecule has 0 radical (unpaired) electrons. The van der Waals surface area contributed by atoms with Gasteiger partial charge in [0, 0.05) is 38.3 Å². The third-order valence-electron chi connectivity index (χ3n) is 4.43. The Bertz CT molecular complexity index is 969. The lowest BCUT2D eigenvalue weighted by Gasteiger charge is -2.11. The van der Waals surface area contributed by atoms with Gasteiger partial charge in [-0.05, 0) is 36.2 Å². The van der Waals surface area contributed by atoms with Gasteiger partial charge in [-0.2, -0.15) is 4.98 Å². The van der Waals surface area contributed by atoms with E-state index in [0.717, 1.165) is 41.7 Å². The Hall–Kier alpha value is -3.22. The number of nitrogens with one attached hydrogen (secondary N) is 1. The summed E-state index contributed by atoms with van der Waals surface area (Å²) in [6.07, 6.45) is 2.80. The zero-order chi connectivity index (χ0) is 20.1. The number of aromatic nitrogens is 3. The summed E-state index contributed by atoms with van der Waals surface area (Å²) < 4.78 is 0. The number of anilines is 2. The topological polar surface area (TPSA) is 97.0 Å². The number of rotatable bonds is 7. The second kappa shape index (κ2) is 8.65. The second-order valence-electron chi connectivity index (χ2n) is 6.95. The van der Waals surface area contributed by atoms with Crippen molar-refractivity contribution in [3.63, 3.8) is 0 Å². The van der Waals surface area contributed by atoms with Crippen LogP contribution in [0.3, 0.4) is 0 Å². The van der Waals surface area contributed by atoms with Gasteiger partial charge in [-0.3, -0.25) is 4.79 Å². The number of hydrogen-bond acceptors (Lipinski definition) is 6. The summed E-state index contributed by atoms with van der Waals surface area (Å²) in [7, 11) is 3.49. The van der Waals surface area contributed by atoms with E-state index in [0.29, 0.717) is 17.8 Å². The van der Waals surface area contributed by atoms with Gasteiger partial charge >= 0.3 is 0 Å². The number of nitrogens with zero attached hydrogens (tertiary/aromatic N) is 4. The fraction of sp³-hybridized carbons (Fsp3) is 0.333. The molecule has 3 rings (SSSR count). The highest BCUT2D eigenvalue weighted by Crippen LogP contribution is 2.21. The maximum absolute atomic E-state index is 12.0. The average Bonchev–Trinajstić information content (AvgIpc) is 2.68. The number of nitrogen functional groups attached to an aromatic ring is 1. The summed E-state index contributed by atoms with van der Waals surface area (Å²) in [6, 6.07) is 11.5. The van der Waals surface area contributed by atoms with Crippen molar-refractivity contribution >= 4 is 28.7 Å². The van der Waals surface area contributed by atoms with Crippen LogP contribution in [0.15, 0.2) is 36.4 Å². The van der Waals surface area contributed by atoms with Crippen LogP contribution in [-0.2, 0) is 6.42 Å². The predicted molar refractivity (Wildman–Crippen MR) is 112 cm³/mol. The molecule has 3 N–H and O–H groups in total. The highest BCUT2D eigenvalue weighted by Gasteiger charge is 2.10. The number of carbonyl (C=O) groups excluding carboxylic acids is 1. The molecule has 146 valence electrons. The largest absolute Gasteiger partial charge is 0.368 e. The Morgan fingerprint density at radius 3 is 2.50 bits per heavy atom. The molecule has 0 fully saturated rings. The number of fused-ring (bicyclic) bond motifs is 1. The Morgan fingerprint density at radius 1 is 1.07 bits per heavy atom. The molecule has 3 aromatic rings. The smallest absolute Gasteiger partial charge is 0.253 e. The first-order valence-corrected chi connectivity index (χ1v) is 9.45. The summed E-state index contributed by atoms with van der Waals surface area (Å²) in [6.45, 7) is 2.96. The van der Waals surface area contributed by atoms with E-state index in [2.05, 4.69) is 22.2 Å². The molecule has 28 heavy (non-hydrogen) atoms. The molecule has 0 aliphatic rings. The van der Waals surface area contributed by atoms with Gasteiger partial charge in [0.1, 0.15) is 5.52 Å². The number of amides is 1. The van der Waals surface area contributed by atoms with E-state index >= 15 is 0 Å². The van der Waals surface area contributed by atoms with Gasteiger partial charge in [-0.15, -0.1) is 0 Å². The van der Waals surface area contributed by atoms with Gasteiger partial charge in [-0.25, -0.2) is 9.97 Å². The van der Waals surface area contributed by atoms with Crippen LogP contribution in [0.5, 0.6) is 0 Å². The van der Waals surface area contributed by atoms with Crippen molar-refractivity contribution < 1.29 is 4.79 Å². The van der Waals surface area contributed by atoms with E-state index in [-0.39, 0.29) is 11.9 Å². The first-order chi connectivity index (χ1) is 13.5. The molecule has 0 aliphatic carbocycles. The Labute approximate surface area is 165 Å². The zero-order valence-corrected chi connectivity index (χ0v) is 16.6. The van der Waals surface area contributed by atoms with Crippen molar-refractivity contribution in [3.05, 3.63) is 53.2 Å². The number of pyridine rings is 1. The van der Waals surface area contributed by atoms with Gasteiger partial charge < -0.3 is 16.0 Å². The molecule has 0 aliphatic heterocycles. The van der Waals surface area contributed by atoms with Gasteiger partial charge in [0.15, 0.2) is 5.82 Å². The highest BCUT2D eigenvalue weighted by atomic mass is 16.2. The number of carbonyl (C=O) groups is 1. The normalized spacial score (nSPS) is 10.8. The summed E-state index contributed by atoms with van der Waals surface area (Å²) in [5, 5.41) is 3.32. The van der Waals surface area contributed by atoms with Crippen LogP contribution in [0.2, 0.25) is 0 Å². The minimum absolute atomic E-state index is 0.00656. The molecule has 1 aromatic carbocycles. The van der Waals surface area contributed by atoms with Gasteiger partial charge in [0.05, 0.1) is 5.52 Å². The minimum Gasteiger partial charge on any atom is -0.368 e. The Kier molecular flexibility index (Phi) is 6.03. The molecule has 1 amide bonds. The zero-order valence-electron chi connectivity index (χ0n) is 16.6. The van der Waals surface area contributed by atoms with Crippen molar-refractivity contribution in [2.24, 2.45) is 0 Å². The van der Waals surface area contributed by atoms with Crippen LogP contribution in [0.25, 0.3) is 11.0 Å². The molecular weight excluding hydrogens is 352 g/mol. The Balaban J connectivity index is 1.84. The number of hydrogen-bond donors (Lipinski definition) is 2. The first-order valence-electron chi connectivity index (χ1n) is 9.45. The third kappa shape index (κ3) is 4.54. The van der Waals surface area contributed by atoms with Crippen LogP contribution in [0, 0.1) is 0 Å². The molecule has 7 heteroatoms. The van der Waals surface area contributed by atoms with Crippen LogP contribution in [0.1, 0.15) is 41.4 Å². The van der Waals surface area contributed by atoms with E-state index in [1.54, 1.807) is 19.0 Å². The maximum Gasteiger partial charge on any atom is 0.253 e. The lowest BCUT2D eigenvalue weighted by atomic mass is 10.1. The standard InChI is InChI=1S/C21H26N6O/c1-4-5-12-23-19-18-17(25-21(22)26-19)11-10-16(24-18)13-14-6-8-15(9-7-14)20(28)27(2)3/h6-11H,4-5,12-13H2,1-3H3,(H3,22,23,25,26). The lowest BCUT2D eigenvalue weighted by molar-refractivity contribution is 0.0827. The molecule has 2 aromatic heterocycles. The quantitative estimate of drug-likeness (QED) is 0.613. The third-order valence-corrected chi connectivity index (χ3v) is 4.43. The Morgan fingerprint density at radius 2 is 1.82 bits per heavy atom. The fourth-order valence-electron chi connectivity index (χ4n) is 2.91. The molecule has 0 saturated heterocycles. The van der Waals surface area contributed by atoms with E-state index < -0.39 is 0 Å². The molecule has 0 saturated carbocycles.